The fraction of sp³-hybridized carbons (Fsp3) is 0.118. The normalized spacial score (nSPS) is 10.5. The van der Waals surface area contributed by atoms with E-state index in [1.165, 1.54) is 6.21 Å². The number of aryl methyl sites for hydroxylation is 2. The van der Waals surface area contributed by atoms with Crippen LogP contribution in [-0.2, 0) is 9.59 Å². The number of nitrogens with one attached hydrogen (secondary N) is 2. The maximum absolute atomic E-state index is 11.7. The van der Waals surface area contributed by atoms with Gasteiger partial charge < -0.3 is 5.32 Å². The molecule has 0 bridgehead atoms. The minimum atomic E-state index is -0.815. The molecule has 0 aliphatic carbocycles. The molecule has 0 saturated heterocycles. The van der Waals surface area contributed by atoms with Crippen molar-refractivity contribution >= 4 is 23.7 Å². The summed E-state index contributed by atoms with van der Waals surface area (Å²) in [5, 5.41) is 6.28. The molecule has 0 unspecified atom stereocenters. The standard InChI is InChI=1S/C17H17N3O2/c1-12-6-8-14(9-7-12)11-18-20-17(22)16(21)19-15-5-3-4-13(2)10-15/h3-11H,1-2H3,(H,19,21)(H,20,22)/b18-11-. The number of amides is 2. The van der Waals surface area contributed by atoms with Crippen LogP contribution in [0.4, 0.5) is 5.69 Å². The Kier molecular flexibility index (Phi) is 5.03. The SMILES string of the molecule is Cc1ccc(/C=N\NC(=O)C(=O)Nc2cccc(C)c2)cc1. The number of rotatable bonds is 3. The van der Waals surface area contributed by atoms with E-state index in [4.69, 9.17) is 0 Å². The van der Waals surface area contributed by atoms with Crippen molar-refractivity contribution in [3.8, 4) is 0 Å². The van der Waals surface area contributed by atoms with Gasteiger partial charge in [-0.3, -0.25) is 9.59 Å². The molecule has 112 valence electrons. The molecule has 0 radical (unpaired) electrons. The third-order valence-electron chi connectivity index (χ3n) is 2.94. The van der Waals surface area contributed by atoms with Crippen molar-refractivity contribution in [2.24, 2.45) is 5.10 Å². The van der Waals surface area contributed by atoms with Crippen molar-refractivity contribution in [2.45, 2.75) is 13.8 Å². The summed E-state index contributed by atoms with van der Waals surface area (Å²) in [5.41, 5.74) is 5.74. The third kappa shape index (κ3) is 4.56. The molecule has 0 spiro atoms. The van der Waals surface area contributed by atoms with Crippen molar-refractivity contribution in [2.75, 3.05) is 5.32 Å². The summed E-state index contributed by atoms with van der Waals surface area (Å²) in [4.78, 5) is 23.4. The first-order chi connectivity index (χ1) is 10.5. The largest absolute Gasteiger partial charge is 0.329 e. The highest BCUT2D eigenvalue weighted by Crippen LogP contribution is 2.09. The van der Waals surface area contributed by atoms with Gasteiger partial charge in [0, 0.05) is 5.69 Å². The van der Waals surface area contributed by atoms with Crippen LogP contribution in [0.1, 0.15) is 16.7 Å². The number of carbonyl (C=O) groups is 2. The van der Waals surface area contributed by atoms with Crippen LogP contribution in [-0.4, -0.2) is 18.0 Å². The summed E-state index contributed by atoms with van der Waals surface area (Å²) < 4.78 is 0. The molecule has 2 amide bonds. The molecule has 2 aromatic rings. The lowest BCUT2D eigenvalue weighted by Crippen LogP contribution is -2.32. The molecule has 0 saturated carbocycles. The van der Waals surface area contributed by atoms with Crippen molar-refractivity contribution in [1.82, 2.24) is 5.43 Å². The van der Waals surface area contributed by atoms with Gasteiger partial charge in [0.15, 0.2) is 0 Å². The van der Waals surface area contributed by atoms with Crippen LogP contribution < -0.4 is 10.7 Å². The number of carbonyl (C=O) groups excluding carboxylic acids is 2. The summed E-state index contributed by atoms with van der Waals surface area (Å²) in [6.45, 7) is 3.89. The highest BCUT2D eigenvalue weighted by atomic mass is 16.2. The first-order valence-corrected chi connectivity index (χ1v) is 6.82. The Morgan fingerprint density at radius 3 is 2.36 bits per heavy atom. The summed E-state index contributed by atoms with van der Waals surface area (Å²) in [7, 11) is 0. The Bertz CT molecular complexity index is 706. The third-order valence-corrected chi connectivity index (χ3v) is 2.94. The first kappa shape index (κ1) is 15.4. The summed E-state index contributed by atoms with van der Waals surface area (Å²) in [6.07, 6.45) is 1.48. The predicted octanol–water partition coefficient (Wildman–Crippen LogP) is 2.39. The zero-order valence-corrected chi connectivity index (χ0v) is 12.5. The highest BCUT2D eigenvalue weighted by Gasteiger charge is 2.12. The van der Waals surface area contributed by atoms with Crippen LogP contribution >= 0.6 is 0 Å². The molecule has 0 atom stereocenters. The number of benzene rings is 2. The zero-order valence-electron chi connectivity index (χ0n) is 12.5. The van der Waals surface area contributed by atoms with E-state index in [0.29, 0.717) is 5.69 Å². The minimum Gasteiger partial charge on any atom is -0.318 e. The molecule has 0 aliphatic rings. The van der Waals surface area contributed by atoms with Gasteiger partial charge in [0.1, 0.15) is 0 Å². The molecule has 0 heterocycles. The van der Waals surface area contributed by atoms with E-state index in [0.717, 1.165) is 16.7 Å². The summed E-state index contributed by atoms with van der Waals surface area (Å²) >= 11 is 0. The molecule has 22 heavy (non-hydrogen) atoms. The molecular formula is C17H17N3O2. The predicted molar refractivity (Wildman–Crippen MR) is 86.7 cm³/mol. The van der Waals surface area contributed by atoms with Gasteiger partial charge in [0.2, 0.25) is 0 Å². The number of hydrazone groups is 1. The maximum atomic E-state index is 11.7. The molecular weight excluding hydrogens is 278 g/mol. The second kappa shape index (κ2) is 7.17. The molecule has 0 aliphatic heterocycles. The van der Waals surface area contributed by atoms with Gasteiger partial charge >= 0.3 is 11.8 Å². The molecule has 5 heteroatoms. The summed E-state index contributed by atoms with van der Waals surface area (Å²) in [6, 6.07) is 14.8. The Morgan fingerprint density at radius 2 is 1.68 bits per heavy atom. The van der Waals surface area contributed by atoms with Crippen LogP contribution in [0.25, 0.3) is 0 Å². The van der Waals surface area contributed by atoms with E-state index in [9.17, 15) is 9.59 Å². The van der Waals surface area contributed by atoms with Crippen LogP contribution in [0.2, 0.25) is 0 Å². The van der Waals surface area contributed by atoms with Gasteiger partial charge in [0.25, 0.3) is 0 Å². The highest BCUT2D eigenvalue weighted by molar-refractivity contribution is 6.39. The van der Waals surface area contributed by atoms with Gasteiger partial charge in [-0.25, -0.2) is 5.43 Å². The van der Waals surface area contributed by atoms with E-state index >= 15 is 0 Å². The van der Waals surface area contributed by atoms with Gasteiger partial charge in [0.05, 0.1) is 6.21 Å². The van der Waals surface area contributed by atoms with Crippen molar-refractivity contribution in [3.05, 3.63) is 65.2 Å². The molecule has 2 N–H and O–H groups in total. The Hall–Kier alpha value is -2.95. The van der Waals surface area contributed by atoms with E-state index in [1.54, 1.807) is 18.2 Å². The van der Waals surface area contributed by atoms with Gasteiger partial charge in [-0.15, -0.1) is 0 Å². The van der Waals surface area contributed by atoms with Crippen LogP contribution in [0.3, 0.4) is 0 Å². The lowest BCUT2D eigenvalue weighted by atomic mass is 10.2. The average molecular weight is 295 g/mol. The fourth-order valence-corrected chi connectivity index (χ4v) is 1.78. The molecule has 0 fully saturated rings. The monoisotopic (exact) mass is 295 g/mol. The van der Waals surface area contributed by atoms with Crippen molar-refractivity contribution in [3.63, 3.8) is 0 Å². The van der Waals surface area contributed by atoms with Crippen LogP contribution in [0, 0.1) is 13.8 Å². The van der Waals surface area contributed by atoms with E-state index < -0.39 is 11.8 Å². The fourth-order valence-electron chi connectivity index (χ4n) is 1.78. The Balaban J connectivity index is 1.89. The molecule has 0 aromatic heterocycles. The number of anilines is 1. The maximum Gasteiger partial charge on any atom is 0.329 e. The van der Waals surface area contributed by atoms with Crippen LogP contribution in [0.5, 0.6) is 0 Å². The van der Waals surface area contributed by atoms with Crippen LogP contribution in [0.15, 0.2) is 53.6 Å². The zero-order chi connectivity index (χ0) is 15.9. The number of nitrogens with zero attached hydrogens (tertiary/aromatic N) is 1. The minimum absolute atomic E-state index is 0.572. The first-order valence-electron chi connectivity index (χ1n) is 6.82. The van der Waals surface area contributed by atoms with E-state index in [1.807, 2.05) is 44.2 Å². The van der Waals surface area contributed by atoms with Gasteiger partial charge in [-0.05, 0) is 37.1 Å². The number of hydrogen-bond donors (Lipinski definition) is 2. The second-order valence-electron chi connectivity index (χ2n) is 4.93. The van der Waals surface area contributed by atoms with Gasteiger partial charge in [-0.2, -0.15) is 5.10 Å². The molecule has 2 rings (SSSR count). The number of hydrogen-bond acceptors (Lipinski definition) is 3. The molecule has 5 nitrogen and oxygen atoms in total. The quantitative estimate of drug-likeness (QED) is 0.518. The average Bonchev–Trinajstić information content (AvgIpc) is 2.49. The topological polar surface area (TPSA) is 70.6 Å². The van der Waals surface area contributed by atoms with E-state index in [2.05, 4.69) is 15.8 Å². The Morgan fingerprint density at radius 1 is 0.955 bits per heavy atom. The smallest absolute Gasteiger partial charge is 0.318 e. The Labute approximate surface area is 129 Å². The lowest BCUT2D eigenvalue weighted by Gasteiger charge is -2.04. The van der Waals surface area contributed by atoms with Crippen molar-refractivity contribution < 1.29 is 9.59 Å². The summed E-state index contributed by atoms with van der Waals surface area (Å²) in [5.74, 6) is -1.57. The molecule has 2 aromatic carbocycles. The lowest BCUT2D eigenvalue weighted by molar-refractivity contribution is -0.136. The van der Waals surface area contributed by atoms with Gasteiger partial charge in [-0.1, -0.05) is 42.0 Å². The second-order valence-corrected chi connectivity index (χ2v) is 4.93. The van der Waals surface area contributed by atoms with Crippen molar-refractivity contribution in [1.29, 1.82) is 0 Å². The van der Waals surface area contributed by atoms with E-state index in [-0.39, 0.29) is 0 Å².